The second-order valence-corrected chi connectivity index (χ2v) is 3.72. The number of amides is 1. The van der Waals surface area contributed by atoms with Crippen molar-refractivity contribution in [2.45, 2.75) is 19.4 Å². The quantitative estimate of drug-likeness (QED) is 0.648. The molecule has 12 heavy (non-hydrogen) atoms. The molecule has 1 aliphatic heterocycles. The van der Waals surface area contributed by atoms with Gasteiger partial charge in [0.25, 0.3) is 0 Å². The van der Waals surface area contributed by atoms with Crippen molar-refractivity contribution in [1.29, 1.82) is 0 Å². The van der Waals surface area contributed by atoms with E-state index in [9.17, 15) is 4.79 Å². The van der Waals surface area contributed by atoms with Crippen molar-refractivity contribution in [2.75, 3.05) is 6.54 Å². The summed E-state index contributed by atoms with van der Waals surface area (Å²) in [6.45, 7) is 2.81. The molecule has 2 heterocycles. The Bertz CT molecular complexity index is 283. The topological polar surface area (TPSA) is 33.2 Å². The van der Waals surface area contributed by atoms with Crippen molar-refractivity contribution < 1.29 is 4.79 Å². The average Bonchev–Trinajstić information content (AvgIpc) is 2.52. The lowest BCUT2D eigenvalue weighted by molar-refractivity contribution is -0.145. The van der Waals surface area contributed by atoms with Crippen LogP contribution in [0.25, 0.3) is 0 Å². The Morgan fingerprint density at radius 2 is 2.67 bits per heavy atom. The maximum absolute atomic E-state index is 11.1. The number of likely N-dealkylation sites (tertiary alicyclic amines) is 1. The minimum absolute atomic E-state index is 0.260. The van der Waals surface area contributed by atoms with E-state index in [1.165, 1.54) is 4.88 Å². The molecule has 0 N–H and O–H groups in total. The molecule has 0 aliphatic carbocycles. The molecule has 1 atom stereocenters. The largest absolute Gasteiger partial charge is 0.334 e. The summed E-state index contributed by atoms with van der Waals surface area (Å²) in [7, 11) is 0. The second-order valence-electron chi connectivity index (χ2n) is 2.80. The van der Waals surface area contributed by atoms with E-state index in [1.54, 1.807) is 11.3 Å². The fourth-order valence-electron chi connectivity index (χ4n) is 1.50. The lowest BCUT2D eigenvalue weighted by Crippen LogP contribution is -2.45. The second kappa shape index (κ2) is 2.86. The predicted molar refractivity (Wildman–Crippen MR) is 46.9 cm³/mol. The van der Waals surface area contributed by atoms with Crippen molar-refractivity contribution in [3.8, 4) is 0 Å². The first-order valence-electron chi connectivity index (χ1n) is 4.00. The number of carbonyl (C=O) groups excluding carboxylic acids is 1. The van der Waals surface area contributed by atoms with E-state index in [0.717, 1.165) is 6.54 Å². The summed E-state index contributed by atoms with van der Waals surface area (Å²) in [4.78, 5) is 18.2. The molecule has 1 aromatic rings. The SMILES string of the molecule is CCN1C(=O)CC1c1cncs1. The molecule has 1 aromatic heterocycles. The van der Waals surface area contributed by atoms with Gasteiger partial charge in [0.1, 0.15) is 0 Å². The maximum atomic E-state index is 11.1. The lowest BCUT2D eigenvalue weighted by atomic mass is 10.0. The number of thiazole rings is 1. The van der Waals surface area contributed by atoms with Gasteiger partial charge in [0.15, 0.2) is 0 Å². The predicted octanol–water partition coefficient (Wildman–Crippen LogP) is 1.44. The normalized spacial score (nSPS) is 22.6. The third-order valence-electron chi connectivity index (χ3n) is 2.19. The van der Waals surface area contributed by atoms with E-state index in [4.69, 9.17) is 0 Å². The van der Waals surface area contributed by atoms with E-state index >= 15 is 0 Å². The van der Waals surface area contributed by atoms with Crippen LogP contribution in [0.1, 0.15) is 24.3 Å². The van der Waals surface area contributed by atoms with Gasteiger partial charge in [-0.15, -0.1) is 11.3 Å². The Kier molecular flexibility index (Phi) is 1.84. The molecule has 3 nitrogen and oxygen atoms in total. The monoisotopic (exact) mass is 182 g/mol. The highest BCUT2D eigenvalue weighted by Gasteiger charge is 2.36. The number of nitrogens with zero attached hydrogens (tertiary/aromatic N) is 2. The molecule has 1 unspecified atom stereocenters. The number of aromatic nitrogens is 1. The fraction of sp³-hybridized carbons (Fsp3) is 0.500. The Morgan fingerprint density at radius 3 is 3.17 bits per heavy atom. The smallest absolute Gasteiger partial charge is 0.225 e. The van der Waals surface area contributed by atoms with E-state index in [2.05, 4.69) is 4.98 Å². The van der Waals surface area contributed by atoms with Crippen LogP contribution in [0.2, 0.25) is 0 Å². The molecule has 1 fully saturated rings. The van der Waals surface area contributed by atoms with Crippen molar-refractivity contribution >= 4 is 17.2 Å². The van der Waals surface area contributed by atoms with Crippen LogP contribution in [-0.4, -0.2) is 22.3 Å². The van der Waals surface area contributed by atoms with Crippen LogP contribution in [-0.2, 0) is 4.79 Å². The fourth-order valence-corrected chi connectivity index (χ4v) is 2.23. The summed E-state index contributed by atoms with van der Waals surface area (Å²) in [6.07, 6.45) is 2.51. The molecular weight excluding hydrogens is 172 g/mol. The highest BCUT2D eigenvalue weighted by Crippen LogP contribution is 2.35. The summed E-state index contributed by atoms with van der Waals surface area (Å²) in [5.74, 6) is 0.260. The minimum Gasteiger partial charge on any atom is -0.334 e. The van der Waals surface area contributed by atoms with Gasteiger partial charge in [-0.05, 0) is 6.92 Å². The van der Waals surface area contributed by atoms with E-state index in [1.807, 2.05) is 23.5 Å². The Balaban J connectivity index is 2.13. The van der Waals surface area contributed by atoms with Gasteiger partial charge in [-0.1, -0.05) is 0 Å². The summed E-state index contributed by atoms with van der Waals surface area (Å²) >= 11 is 1.62. The van der Waals surface area contributed by atoms with Gasteiger partial charge >= 0.3 is 0 Å². The molecule has 2 rings (SSSR count). The minimum atomic E-state index is 0.260. The number of carbonyl (C=O) groups is 1. The Morgan fingerprint density at radius 1 is 1.83 bits per heavy atom. The van der Waals surface area contributed by atoms with E-state index in [0.29, 0.717) is 12.5 Å². The molecule has 0 aromatic carbocycles. The van der Waals surface area contributed by atoms with Crippen molar-refractivity contribution in [2.24, 2.45) is 0 Å². The lowest BCUT2D eigenvalue weighted by Gasteiger charge is -2.38. The third-order valence-corrected chi connectivity index (χ3v) is 3.06. The zero-order chi connectivity index (χ0) is 8.55. The van der Waals surface area contributed by atoms with Crippen molar-refractivity contribution in [3.63, 3.8) is 0 Å². The van der Waals surface area contributed by atoms with Crippen LogP contribution >= 0.6 is 11.3 Å². The molecule has 1 saturated heterocycles. The van der Waals surface area contributed by atoms with Crippen LogP contribution in [0.5, 0.6) is 0 Å². The highest BCUT2D eigenvalue weighted by molar-refractivity contribution is 7.09. The summed E-state index contributed by atoms with van der Waals surface area (Å²) in [6, 6.07) is 0.315. The van der Waals surface area contributed by atoms with Crippen LogP contribution in [0.3, 0.4) is 0 Å². The van der Waals surface area contributed by atoms with Gasteiger partial charge in [-0.25, -0.2) is 0 Å². The zero-order valence-electron chi connectivity index (χ0n) is 6.86. The summed E-state index contributed by atoms with van der Waals surface area (Å²) in [5.41, 5.74) is 1.81. The van der Waals surface area contributed by atoms with Gasteiger partial charge < -0.3 is 4.90 Å². The molecule has 0 saturated carbocycles. The van der Waals surface area contributed by atoms with E-state index in [-0.39, 0.29) is 5.91 Å². The molecule has 0 bridgehead atoms. The van der Waals surface area contributed by atoms with E-state index < -0.39 is 0 Å². The van der Waals surface area contributed by atoms with Crippen molar-refractivity contribution in [3.05, 3.63) is 16.6 Å². The van der Waals surface area contributed by atoms with Gasteiger partial charge in [0, 0.05) is 17.6 Å². The van der Waals surface area contributed by atoms with Crippen LogP contribution in [0.4, 0.5) is 0 Å². The number of hydrogen-bond donors (Lipinski definition) is 0. The number of rotatable bonds is 2. The molecular formula is C8H10N2OS. The summed E-state index contributed by atoms with van der Waals surface area (Å²) < 4.78 is 0. The third kappa shape index (κ3) is 1.03. The highest BCUT2D eigenvalue weighted by atomic mass is 32.1. The van der Waals surface area contributed by atoms with Gasteiger partial charge in [-0.2, -0.15) is 0 Å². The Hall–Kier alpha value is -0.900. The zero-order valence-corrected chi connectivity index (χ0v) is 7.67. The van der Waals surface area contributed by atoms with Crippen LogP contribution < -0.4 is 0 Å². The first kappa shape index (κ1) is 7.73. The van der Waals surface area contributed by atoms with Crippen LogP contribution in [0, 0.1) is 0 Å². The maximum Gasteiger partial charge on any atom is 0.225 e. The van der Waals surface area contributed by atoms with Crippen molar-refractivity contribution in [1.82, 2.24) is 9.88 Å². The molecule has 0 spiro atoms. The molecule has 1 aliphatic rings. The molecule has 64 valence electrons. The van der Waals surface area contributed by atoms with Gasteiger partial charge in [0.05, 0.1) is 18.0 Å². The summed E-state index contributed by atoms with van der Waals surface area (Å²) in [5, 5.41) is 0. The number of β-lactam (4-membered cyclic amide) rings is 1. The molecule has 0 radical (unpaired) electrons. The average molecular weight is 182 g/mol. The van der Waals surface area contributed by atoms with Gasteiger partial charge in [-0.3, -0.25) is 9.78 Å². The van der Waals surface area contributed by atoms with Gasteiger partial charge in [0.2, 0.25) is 5.91 Å². The number of hydrogen-bond acceptors (Lipinski definition) is 3. The molecule has 4 heteroatoms. The first-order chi connectivity index (χ1) is 5.83. The standard InChI is InChI=1S/C8H10N2OS/c1-2-10-6(3-8(10)11)7-4-9-5-12-7/h4-6H,2-3H2,1H3. The Labute approximate surface area is 75.0 Å². The molecule has 1 amide bonds. The first-order valence-corrected chi connectivity index (χ1v) is 4.88. The van der Waals surface area contributed by atoms with Crippen LogP contribution in [0.15, 0.2) is 11.7 Å².